The van der Waals surface area contributed by atoms with Crippen molar-refractivity contribution in [2.75, 3.05) is 0 Å². The van der Waals surface area contributed by atoms with Gasteiger partial charge in [-0.3, -0.25) is 0 Å². The predicted octanol–water partition coefficient (Wildman–Crippen LogP) is 3.69. The van der Waals surface area contributed by atoms with Crippen molar-refractivity contribution in [3.05, 3.63) is 41.3 Å². The van der Waals surface area contributed by atoms with Crippen molar-refractivity contribution in [3.63, 3.8) is 0 Å². The molecule has 1 N–H and O–H groups in total. The molecule has 0 amide bonds. The quantitative estimate of drug-likeness (QED) is 0.773. The van der Waals surface area contributed by atoms with Crippen molar-refractivity contribution in [2.24, 2.45) is 5.41 Å². The molecule has 80 valence electrons. The maximum Gasteiger partial charge on any atom is 0.0812 e. The summed E-state index contributed by atoms with van der Waals surface area (Å²) in [6.45, 7) is 6.79. The first-order chi connectivity index (χ1) is 7.07. The number of benzene rings is 1. The molecule has 0 saturated carbocycles. The van der Waals surface area contributed by atoms with Gasteiger partial charge >= 0.3 is 0 Å². The van der Waals surface area contributed by atoms with Crippen LogP contribution in [0.2, 0.25) is 0 Å². The van der Waals surface area contributed by atoms with Crippen molar-refractivity contribution >= 4 is 17.5 Å². The maximum absolute atomic E-state index is 3.57. The van der Waals surface area contributed by atoms with Crippen LogP contribution < -0.4 is 5.32 Å². The van der Waals surface area contributed by atoms with Gasteiger partial charge in [0.05, 0.1) is 5.37 Å². The largest absolute Gasteiger partial charge is 0.372 e. The molecule has 0 bridgehead atoms. The first-order valence-electron chi connectivity index (χ1n) is 5.25. The van der Waals surface area contributed by atoms with Gasteiger partial charge in [-0.05, 0) is 16.4 Å². The molecule has 1 atom stereocenters. The molecule has 1 aliphatic rings. The Bertz CT molecular complexity index is 362. The normalized spacial score (nSPS) is 21.0. The minimum absolute atomic E-state index is 0.289. The van der Waals surface area contributed by atoms with E-state index < -0.39 is 0 Å². The van der Waals surface area contributed by atoms with Crippen LogP contribution >= 0.6 is 11.8 Å². The molecule has 0 radical (unpaired) electrons. The molecule has 1 nitrogen and oxygen atoms in total. The van der Waals surface area contributed by atoms with Crippen LogP contribution in [0, 0.1) is 5.41 Å². The van der Waals surface area contributed by atoms with E-state index in [1.54, 1.807) is 0 Å². The van der Waals surface area contributed by atoms with E-state index in [0.29, 0.717) is 5.37 Å². The molecule has 1 heterocycles. The van der Waals surface area contributed by atoms with Gasteiger partial charge in [0.2, 0.25) is 0 Å². The van der Waals surface area contributed by atoms with Gasteiger partial charge in [0.15, 0.2) is 0 Å². The average molecular weight is 219 g/mol. The summed E-state index contributed by atoms with van der Waals surface area (Å²) in [7, 11) is 0. The molecule has 0 aliphatic carbocycles. The monoisotopic (exact) mass is 219 g/mol. The Hall–Kier alpha value is -0.890. The SMILES string of the molecule is CC(C)(C)C1NC(c2ccccc2)=CS1. The summed E-state index contributed by atoms with van der Waals surface area (Å²) >= 11 is 1.88. The van der Waals surface area contributed by atoms with Crippen LogP contribution in [0.1, 0.15) is 26.3 Å². The molecule has 1 aliphatic heterocycles. The Labute approximate surface area is 96.0 Å². The molecule has 2 heteroatoms. The van der Waals surface area contributed by atoms with Gasteiger partial charge in [-0.2, -0.15) is 0 Å². The second-order valence-electron chi connectivity index (χ2n) is 4.92. The Morgan fingerprint density at radius 1 is 1.13 bits per heavy atom. The zero-order valence-electron chi connectivity index (χ0n) is 9.45. The van der Waals surface area contributed by atoms with Gasteiger partial charge in [-0.1, -0.05) is 51.1 Å². The second-order valence-corrected chi connectivity index (χ2v) is 5.90. The molecule has 0 saturated heterocycles. The number of hydrogen-bond acceptors (Lipinski definition) is 2. The third-order valence-electron chi connectivity index (χ3n) is 2.48. The molecular formula is C13H17NS. The van der Waals surface area contributed by atoms with Gasteiger partial charge in [-0.25, -0.2) is 0 Å². The van der Waals surface area contributed by atoms with Crippen LogP contribution in [-0.2, 0) is 0 Å². The van der Waals surface area contributed by atoms with E-state index in [1.807, 2.05) is 17.8 Å². The summed E-state index contributed by atoms with van der Waals surface area (Å²) in [6.07, 6.45) is 0. The van der Waals surface area contributed by atoms with Gasteiger partial charge in [0, 0.05) is 5.70 Å². The third kappa shape index (κ3) is 2.37. The zero-order chi connectivity index (χ0) is 10.9. The molecule has 1 unspecified atom stereocenters. The lowest BCUT2D eigenvalue weighted by atomic mass is 9.96. The molecular weight excluding hydrogens is 202 g/mol. The van der Waals surface area contributed by atoms with Crippen LogP contribution in [0.5, 0.6) is 0 Å². The van der Waals surface area contributed by atoms with Crippen LogP contribution in [-0.4, -0.2) is 5.37 Å². The molecule has 1 aromatic rings. The first-order valence-corrected chi connectivity index (χ1v) is 6.19. The van der Waals surface area contributed by atoms with Crippen molar-refractivity contribution in [2.45, 2.75) is 26.1 Å². The van der Waals surface area contributed by atoms with Crippen molar-refractivity contribution in [1.29, 1.82) is 0 Å². The van der Waals surface area contributed by atoms with Crippen molar-refractivity contribution < 1.29 is 0 Å². The Balaban J connectivity index is 2.11. The minimum atomic E-state index is 0.289. The molecule has 0 fully saturated rings. The van der Waals surface area contributed by atoms with E-state index in [9.17, 15) is 0 Å². The Kier molecular flexibility index (Phi) is 2.79. The molecule has 0 spiro atoms. The number of hydrogen-bond donors (Lipinski definition) is 1. The Morgan fingerprint density at radius 2 is 1.80 bits per heavy atom. The van der Waals surface area contributed by atoms with Gasteiger partial charge in [0.25, 0.3) is 0 Å². The van der Waals surface area contributed by atoms with E-state index in [1.165, 1.54) is 11.3 Å². The highest BCUT2D eigenvalue weighted by molar-refractivity contribution is 8.03. The molecule has 15 heavy (non-hydrogen) atoms. The highest BCUT2D eigenvalue weighted by Gasteiger charge is 2.28. The first kappa shape index (κ1) is 10.6. The predicted molar refractivity (Wildman–Crippen MR) is 68.4 cm³/mol. The lowest BCUT2D eigenvalue weighted by Gasteiger charge is -2.27. The highest BCUT2D eigenvalue weighted by atomic mass is 32.2. The minimum Gasteiger partial charge on any atom is -0.372 e. The Morgan fingerprint density at radius 3 is 2.33 bits per heavy atom. The standard InChI is InChI=1S/C13H17NS/c1-13(2,3)12-14-11(9-15-12)10-7-5-4-6-8-10/h4-9,12,14H,1-3H3. The zero-order valence-corrected chi connectivity index (χ0v) is 10.3. The molecule has 0 aromatic heterocycles. The summed E-state index contributed by atoms with van der Waals surface area (Å²) in [5, 5.41) is 6.28. The van der Waals surface area contributed by atoms with Gasteiger partial charge < -0.3 is 5.32 Å². The van der Waals surface area contributed by atoms with Crippen LogP contribution in [0.15, 0.2) is 35.7 Å². The summed E-state index contributed by atoms with van der Waals surface area (Å²) in [6, 6.07) is 10.5. The van der Waals surface area contributed by atoms with Crippen LogP contribution in [0.25, 0.3) is 5.70 Å². The smallest absolute Gasteiger partial charge is 0.0812 e. The second kappa shape index (κ2) is 3.93. The summed E-state index contributed by atoms with van der Waals surface area (Å²) in [5.74, 6) is 0. The lowest BCUT2D eigenvalue weighted by Crippen LogP contribution is -2.33. The van der Waals surface area contributed by atoms with E-state index in [2.05, 4.69) is 55.8 Å². The van der Waals surface area contributed by atoms with E-state index in [-0.39, 0.29) is 5.41 Å². The maximum atomic E-state index is 3.57. The molecule has 1 aromatic carbocycles. The number of nitrogens with one attached hydrogen (secondary N) is 1. The highest BCUT2D eigenvalue weighted by Crippen LogP contribution is 2.36. The van der Waals surface area contributed by atoms with Gasteiger partial charge in [-0.15, -0.1) is 11.8 Å². The van der Waals surface area contributed by atoms with E-state index >= 15 is 0 Å². The van der Waals surface area contributed by atoms with Crippen LogP contribution in [0.3, 0.4) is 0 Å². The van der Waals surface area contributed by atoms with E-state index in [4.69, 9.17) is 0 Å². The summed E-state index contributed by atoms with van der Waals surface area (Å²) < 4.78 is 0. The van der Waals surface area contributed by atoms with E-state index in [0.717, 1.165) is 0 Å². The number of rotatable bonds is 1. The summed E-state index contributed by atoms with van der Waals surface area (Å²) in [5.41, 5.74) is 2.81. The van der Waals surface area contributed by atoms with Crippen molar-refractivity contribution in [3.8, 4) is 0 Å². The third-order valence-corrected chi connectivity index (χ3v) is 3.95. The summed E-state index contributed by atoms with van der Waals surface area (Å²) in [4.78, 5) is 0. The van der Waals surface area contributed by atoms with Crippen LogP contribution in [0.4, 0.5) is 0 Å². The fourth-order valence-electron chi connectivity index (χ4n) is 1.54. The lowest BCUT2D eigenvalue weighted by molar-refractivity contribution is 0.379. The fraction of sp³-hybridized carbons (Fsp3) is 0.385. The fourth-order valence-corrected chi connectivity index (χ4v) is 2.61. The van der Waals surface area contributed by atoms with Crippen molar-refractivity contribution in [1.82, 2.24) is 5.32 Å². The number of thioether (sulfide) groups is 1. The molecule has 2 rings (SSSR count). The average Bonchev–Trinajstić information content (AvgIpc) is 2.67. The topological polar surface area (TPSA) is 12.0 Å². The van der Waals surface area contributed by atoms with Gasteiger partial charge in [0.1, 0.15) is 0 Å².